The van der Waals surface area contributed by atoms with Crippen LogP contribution in [-0.4, -0.2) is 32.8 Å². The van der Waals surface area contributed by atoms with Crippen LogP contribution in [0.1, 0.15) is 112 Å². The van der Waals surface area contributed by atoms with Gasteiger partial charge >= 0.3 is 0 Å². The molecule has 0 radical (unpaired) electrons. The average Bonchev–Trinajstić information content (AvgIpc) is 3.11. The van der Waals surface area contributed by atoms with Gasteiger partial charge < -0.3 is 15.4 Å². The summed E-state index contributed by atoms with van der Waals surface area (Å²) in [6.45, 7) is 14.4. The summed E-state index contributed by atoms with van der Waals surface area (Å²) >= 11 is 0. The van der Waals surface area contributed by atoms with E-state index in [0.717, 1.165) is 42.9 Å². The van der Waals surface area contributed by atoms with E-state index < -0.39 is 11.7 Å². The van der Waals surface area contributed by atoms with Crippen molar-refractivity contribution in [2.45, 2.75) is 124 Å². The minimum Gasteiger partial charge on any atom is -0.411 e. The second-order valence-electron chi connectivity index (χ2n) is 13.5. The van der Waals surface area contributed by atoms with Crippen LogP contribution >= 0.6 is 0 Å². The van der Waals surface area contributed by atoms with Crippen LogP contribution in [-0.2, 0) is 0 Å². The molecule has 190 valence electrons. The lowest BCUT2D eigenvalue weighted by Gasteiger charge is -2.63. The van der Waals surface area contributed by atoms with E-state index in [1.54, 1.807) is 0 Å². The number of rotatable bonds is 6. The first-order valence-corrected chi connectivity index (χ1v) is 14.1. The smallest absolute Gasteiger partial charge is 0.114 e. The molecule has 4 aliphatic carbocycles. The predicted octanol–water partition coefficient (Wildman–Crippen LogP) is 6.66. The number of oxime groups is 1. The van der Waals surface area contributed by atoms with Crippen molar-refractivity contribution in [3.63, 3.8) is 0 Å². The summed E-state index contributed by atoms with van der Waals surface area (Å²) in [5, 5.41) is 35.8. The molecule has 0 aliphatic heterocycles. The minimum absolute atomic E-state index is 0.298. The van der Waals surface area contributed by atoms with E-state index in [1.807, 2.05) is 0 Å². The number of hydrogen-bond acceptors (Lipinski definition) is 4. The zero-order valence-electron chi connectivity index (χ0n) is 22.2. The highest BCUT2D eigenvalue weighted by molar-refractivity contribution is 5.94. The van der Waals surface area contributed by atoms with Gasteiger partial charge in [-0.25, -0.2) is 0 Å². The molecule has 4 heteroatoms. The highest BCUT2D eigenvalue weighted by Gasteiger charge is 2.67. The summed E-state index contributed by atoms with van der Waals surface area (Å²) in [4.78, 5) is 0. The van der Waals surface area contributed by atoms with Gasteiger partial charge in [0, 0.05) is 11.8 Å². The molecule has 4 rings (SSSR count). The quantitative estimate of drug-likeness (QED) is 0.306. The van der Waals surface area contributed by atoms with Crippen molar-refractivity contribution in [3.05, 3.63) is 0 Å². The second-order valence-corrected chi connectivity index (χ2v) is 13.5. The van der Waals surface area contributed by atoms with Crippen LogP contribution in [0, 0.1) is 52.3 Å². The van der Waals surface area contributed by atoms with Crippen molar-refractivity contribution in [1.29, 1.82) is 0 Å². The maximum atomic E-state index is 11.8. The van der Waals surface area contributed by atoms with Crippen molar-refractivity contribution in [1.82, 2.24) is 0 Å². The summed E-state index contributed by atoms with van der Waals surface area (Å²) < 4.78 is 0. The molecule has 0 aromatic heterocycles. The predicted molar refractivity (Wildman–Crippen MR) is 134 cm³/mol. The Balaban J connectivity index is 1.55. The molecule has 10 atom stereocenters. The zero-order chi connectivity index (χ0) is 24.2. The Labute approximate surface area is 202 Å². The number of nitrogens with zero attached hydrogens (tertiary/aromatic N) is 1. The Morgan fingerprint density at radius 1 is 1.00 bits per heavy atom. The lowest BCUT2D eigenvalue weighted by atomic mass is 9.42. The summed E-state index contributed by atoms with van der Waals surface area (Å²) in [6.07, 6.45) is 11.1. The first-order chi connectivity index (χ1) is 15.5. The van der Waals surface area contributed by atoms with Gasteiger partial charge in [-0.3, -0.25) is 0 Å². The fourth-order valence-corrected chi connectivity index (χ4v) is 9.83. The molecule has 0 aromatic carbocycles. The Hall–Kier alpha value is -0.610. The minimum atomic E-state index is -1.16. The van der Waals surface area contributed by atoms with Gasteiger partial charge in [0.2, 0.25) is 0 Å². The molecule has 0 unspecified atom stereocenters. The fraction of sp³-hybridized carbons (Fsp3) is 0.966. The van der Waals surface area contributed by atoms with E-state index in [-0.39, 0.29) is 5.41 Å². The second kappa shape index (κ2) is 9.12. The summed E-state index contributed by atoms with van der Waals surface area (Å²) in [5.74, 6) is 4.76. The van der Waals surface area contributed by atoms with Gasteiger partial charge in [0.25, 0.3) is 0 Å². The molecule has 0 spiro atoms. The molecule has 4 fully saturated rings. The molecule has 4 saturated carbocycles. The molecule has 3 N–H and O–H groups in total. The van der Waals surface area contributed by atoms with Crippen molar-refractivity contribution in [3.8, 4) is 0 Å². The number of hydrogen-bond donors (Lipinski definition) is 3. The SMILES string of the molecule is CC[C@H](CC[C@@H](C)[C@H]1CC[C@H]2[C@@H]3CC(=NO)[C@]4(O)C[C@@H](O)CC[C@]4(C)[C@H]3CC[C@]12C)C(C)C. The summed E-state index contributed by atoms with van der Waals surface area (Å²) in [5.41, 5.74) is -0.548. The zero-order valence-corrected chi connectivity index (χ0v) is 22.2. The molecule has 0 saturated heterocycles. The number of fused-ring (bicyclic) bond motifs is 5. The number of aliphatic hydroxyl groups excluding tert-OH is 1. The van der Waals surface area contributed by atoms with Gasteiger partial charge in [0.15, 0.2) is 0 Å². The van der Waals surface area contributed by atoms with Gasteiger partial charge in [-0.05, 0) is 98.2 Å². The monoisotopic (exact) mass is 461 g/mol. The van der Waals surface area contributed by atoms with Crippen LogP contribution in [0.25, 0.3) is 0 Å². The molecule has 0 amide bonds. The van der Waals surface area contributed by atoms with E-state index in [2.05, 4.69) is 46.7 Å². The maximum Gasteiger partial charge on any atom is 0.114 e. The Morgan fingerprint density at radius 3 is 2.36 bits per heavy atom. The molecular formula is C29H51NO3. The highest BCUT2D eigenvalue weighted by atomic mass is 16.4. The van der Waals surface area contributed by atoms with Gasteiger partial charge in [-0.2, -0.15) is 0 Å². The van der Waals surface area contributed by atoms with Crippen LogP contribution in [0.4, 0.5) is 0 Å². The molecule has 0 bridgehead atoms. The summed E-state index contributed by atoms with van der Waals surface area (Å²) in [7, 11) is 0. The van der Waals surface area contributed by atoms with Crippen molar-refractivity contribution < 1.29 is 15.4 Å². The van der Waals surface area contributed by atoms with Crippen LogP contribution in [0.5, 0.6) is 0 Å². The molecule has 0 heterocycles. The van der Waals surface area contributed by atoms with Gasteiger partial charge in [-0.1, -0.05) is 59.5 Å². The average molecular weight is 462 g/mol. The number of aliphatic hydroxyl groups is 2. The molecule has 0 aromatic rings. The van der Waals surface area contributed by atoms with E-state index >= 15 is 0 Å². The molecule has 33 heavy (non-hydrogen) atoms. The standard InChI is InChI=1S/C29H51NO3/c1-7-20(18(2)3)9-8-19(4)23-10-11-24-22-16-26(30-33)29(32)17-21(31)12-15-28(29,6)25(22)13-14-27(23,24)5/h18-25,31-33H,7-17H2,1-6H3/t19-,20-,21+,22+,23-,24+,25+,27-,28-,29-/m1/s1. The largest absolute Gasteiger partial charge is 0.411 e. The van der Waals surface area contributed by atoms with Crippen molar-refractivity contribution in [2.75, 3.05) is 0 Å². The molecular weight excluding hydrogens is 410 g/mol. The van der Waals surface area contributed by atoms with E-state index in [0.29, 0.717) is 41.7 Å². The third-order valence-corrected chi connectivity index (χ3v) is 12.0. The van der Waals surface area contributed by atoms with Gasteiger partial charge in [0.1, 0.15) is 5.60 Å². The van der Waals surface area contributed by atoms with E-state index in [9.17, 15) is 15.4 Å². The summed E-state index contributed by atoms with van der Waals surface area (Å²) in [6, 6.07) is 0. The van der Waals surface area contributed by atoms with E-state index in [4.69, 9.17) is 0 Å². The lowest BCUT2D eigenvalue weighted by Crippen LogP contribution is -2.67. The third-order valence-electron chi connectivity index (χ3n) is 12.0. The third kappa shape index (κ3) is 3.90. The van der Waals surface area contributed by atoms with Crippen LogP contribution < -0.4 is 0 Å². The lowest BCUT2D eigenvalue weighted by molar-refractivity contribution is -0.170. The fourth-order valence-electron chi connectivity index (χ4n) is 9.83. The van der Waals surface area contributed by atoms with Gasteiger partial charge in [0.05, 0.1) is 11.8 Å². The van der Waals surface area contributed by atoms with Crippen LogP contribution in [0.15, 0.2) is 5.16 Å². The van der Waals surface area contributed by atoms with E-state index in [1.165, 1.54) is 38.5 Å². The molecule has 4 aliphatic rings. The van der Waals surface area contributed by atoms with Crippen LogP contribution in [0.2, 0.25) is 0 Å². The normalized spacial score (nSPS) is 48.3. The van der Waals surface area contributed by atoms with Crippen molar-refractivity contribution >= 4 is 5.71 Å². The first kappa shape index (κ1) is 25.5. The highest BCUT2D eigenvalue weighted by Crippen LogP contribution is 2.68. The first-order valence-electron chi connectivity index (χ1n) is 14.1. The topological polar surface area (TPSA) is 73.1 Å². The van der Waals surface area contributed by atoms with Crippen molar-refractivity contribution in [2.24, 2.45) is 57.4 Å². The van der Waals surface area contributed by atoms with Crippen LogP contribution in [0.3, 0.4) is 0 Å². The maximum absolute atomic E-state index is 11.8. The Morgan fingerprint density at radius 2 is 1.73 bits per heavy atom. The Bertz CT molecular complexity index is 736. The molecule has 4 nitrogen and oxygen atoms in total. The Kier molecular flexibility index (Phi) is 7.04. The van der Waals surface area contributed by atoms with Gasteiger partial charge in [-0.15, -0.1) is 0 Å².